The fourth-order valence-corrected chi connectivity index (χ4v) is 2.39. The molecule has 0 bridgehead atoms. The van der Waals surface area contributed by atoms with Gasteiger partial charge in [0.15, 0.2) is 0 Å². The van der Waals surface area contributed by atoms with Crippen LogP contribution in [-0.2, 0) is 12.3 Å². The Morgan fingerprint density at radius 1 is 1.35 bits per heavy atom. The molecule has 0 aliphatic carbocycles. The molecule has 0 aliphatic rings. The van der Waals surface area contributed by atoms with Crippen LogP contribution >= 0.6 is 11.8 Å². The Kier molecular flexibility index (Phi) is 4.03. The second-order valence-electron chi connectivity index (χ2n) is 3.79. The van der Waals surface area contributed by atoms with Crippen LogP contribution in [0.3, 0.4) is 0 Å². The van der Waals surface area contributed by atoms with E-state index in [9.17, 15) is 0 Å². The fraction of sp³-hybridized carbons (Fsp3) is 0.333. The first-order valence-electron chi connectivity index (χ1n) is 5.63. The van der Waals surface area contributed by atoms with Crippen molar-refractivity contribution in [3.63, 3.8) is 0 Å². The summed E-state index contributed by atoms with van der Waals surface area (Å²) >= 11 is 1.75. The molecular weight excluding hydrogens is 232 g/mol. The first-order valence-corrected chi connectivity index (χ1v) is 6.61. The van der Waals surface area contributed by atoms with Gasteiger partial charge in [-0.1, -0.05) is 6.92 Å². The summed E-state index contributed by atoms with van der Waals surface area (Å²) in [5, 5.41) is 0. The number of nitrogen functional groups attached to an aromatic ring is 1. The summed E-state index contributed by atoms with van der Waals surface area (Å²) in [6.45, 7) is 3.19. The summed E-state index contributed by atoms with van der Waals surface area (Å²) in [6, 6.07) is 3.82. The molecular formula is C12H16N4S. The van der Waals surface area contributed by atoms with E-state index in [2.05, 4.69) is 21.5 Å². The Bertz CT molecular complexity index is 464. The summed E-state index contributed by atoms with van der Waals surface area (Å²) in [5.41, 5.74) is 6.79. The zero-order chi connectivity index (χ0) is 12.1. The lowest BCUT2D eigenvalue weighted by Gasteiger charge is -2.06. The molecule has 2 aromatic rings. The number of hydrogen-bond donors (Lipinski definition) is 1. The third kappa shape index (κ3) is 3.23. The predicted molar refractivity (Wildman–Crippen MR) is 70.7 cm³/mol. The van der Waals surface area contributed by atoms with Crippen molar-refractivity contribution in [2.24, 2.45) is 0 Å². The lowest BCUT2D eigenvalue weighted by atomic mass is 10.4. The van der Waals surface area contributed by atoms with E-state index in [4.69, 9.17) is 5.73 Å². The van der Waals surface area contributed by atoms with E-state index in [1.54, 1.807) is 18.0 Å². The standard InChI is InChI=1S/C12H16N4S/c1-2-5-16-9-14-6-10(16)8-17-11-3-4-12(13)15-7-11/h3-4,6-7,9H,2,5,8H2,1H3,(H2,13,15). The minimum absolute atomic E-state index is 0.561. The van der Waals surface area contributed by atoms with Gasteiger partial charge in [0.2, 0.25) is 0 Å². The van der Waals surface area contributed by atoms with Gasteiger partial charge in [0.05, 0.1) is 6.33 Å². The van der Waals surface area contributed by atoms with Crippen LogP contribution in [0.15, 0.2) is 35.7 Å². The number of nitrogens with two attached hydrogens (primary N) is 1. The quantitative estimate of drug-likeness (QED) is 0.826. The van der Waals surface area contributed by atoms with Gasteiger partial charge < -0.3 is 10.3 Å². The Balaban J connectivity index is 1.97. The number of imidazole rings is 1. The van der Waals surface area contributed by atoms with Gasteiger partial charge in [-0.15, -0.1) is 11.8 Å². The summed E-state index contributed by atoms with van der Waals surface area (Å²) in [4.78, 5) is 9.38. The first-order chi connectivity index (χ1) is 8.29. The maximum absolute atomic E-state index is 5.55. The molecule has 0 atom stereocenters. The number of aromatic nitrogens is 3. The van der Waals surface area contributed by atoms with Gasteiger partial charge in [-0.2, -0.15) is 0 Å². The highest BCUT2D eigenvalue weighted by Gasteiger charge is 2.02. The molecule has 2 aromatic heterocycles. The number of nitrogens with zero attached hydrogens (tertiary/aromatic N) is 3. The molecule has 17 heavy (non-hydrogen) atoms. The van der Waals surface area contributed by atoms with Gasteiger partial charge >= 0.3 is 0 Å². The molecule has 0 spiro atoms. The SMILES string of the molecule is CCCn1cncc1CSc1ccc(N)nc1. The van der Waals surface area contributed by atoms with Gasteiger partial charge in [-0.3, -0.25) is 0 Å². The summed E-state index contributed by atoms with van der Waals surface area (Å²) in [7, 11) is 0. The molecule has 0 saturated heterocycles. The highest BCUT2D eigenvalue weighted by atomic mass is 32.2. The van der Waals surface area contributed by atoms with Crippen molar-refractivity contribution in [2.45, 2.75) is 30.5 Å². The topological polar surface area (TPSA) is 56.7 Å². The van der Waals surface area contributed by atoms with Crippen LogP contribution in [0.25, 0.3) is 0 Å². The highest BCUT2D eigenvalue weighted by Crippen LogP contribution is 2.22. The van der Waals surface area contributed by atoms with Crippen LogP contribution in [0.5, 0.6) is 0 Å². The molecule has 2 N–H and O–H groups in total. The normalized spacial score (nSPS) is 10.6. The maximum Gasteiger partial charge on any atom is 0.123 e. The predicted octanol–water partition coefficient (Wildman–Crippen LogP) is 2.56. The van der Waals surface area contributed by atoms with E-state index in [-0.39, 0.29) is 0 Å². The highest BCUT2D eigenvalue weighted by molar-refractivity contribution is 7.98. The van der Waals surface area contributed by atoms with Crippen LogP contribution in [0.2, 0.25) is 0 Å². The average Bonchev–Trinajstić information content (AvgIpc) is 2.77. The van der Waals surface area contributed by atoms with Gasteiger partial charge in [0.1, 0.15) is 5.82 Å². The average molecular weight is 248 g/mol. The van der Waals surface area contributed by atoms with E-state index >= 15 is 0 Å². The number of rotatable bonds is 5. The minimum Gasteiger partial charge on any atom is -0.384 e. The molecule has 0 fully saturated rings. The third-order valence-electron chi connectivity index (χ3n) is 2.41. The molecule has 90 valence electrons. The van der Waals surface area contributed by atoms with Crippen molar-refractivity contribution >= 4 is 17.6 Å². The summed E-state index contributed by atoms with van der Waals surface area (Å²) in [5.74, 6) is 1.47. The molecule has 4 nitrogen and oxygen atoms in total. The summed E-state index contributed by atoms with van der Waals surface area (Å²) < 4.78 is 2.19. The molecule has 2 rings (SSSR count). The largest absolute Gasteiger partial charge is 0.384 e. The second kappa shape index (κ2) is 5.72. The van der Waals surface area contributed by atoms with E-state index < -0.39 is 0 Å². The lowest BCUT2D eigenvalue weighted by molar-refractivity contribution is 0.659. The zero-order valence-electron chi connectivity index (χ0n) is 9.84. The molecule has 0 saturated carbocycles. The van der Waals surface area contributed by atoms with E-state index in [1.165, 1.54) is 5.69 Å². The monoisotopic (exact) mass is 248 g/mol. The summed E-state index contributed by atoms with van der Waals surface area (Å²) in [6.07, 6.45) is 6.74. The number of aryl methyl sites for hydroxylation is 1. The van der Waals surface area contributed by atoms with Crippen LogP contribution in [0, 0.1) is 0 Å². The molecule has 5 heteroatoms. The Morgan fingerprint density at radius 3 is 2.94 bits per heavy atom. The molecule has 0 amide bonds. The van der Waals surface area contributed by atoms with Crippen LogP contribution < -0.4 is 5.73 Å². The van der Waals surface area contributed by atoms with Gasteiger partial charge in [-0.25, -0.2) is 9.97 Å². The number of pyridine rings is 1. The first kappa shape index (κ1) is 12.0. The zero-order valence-corrected chi connectivity index (χ0v) is 10.7. The molecule has 0 aromatic carbocycles. The van der Waals surface area contributed by atoms with Crippen molar-refractivity contribution in [2.75, 3.05) is 5.73 Å². The van der Waals surface area contributed by atoms with Crippen molar-refractivity contribution in [1.29, 1.82) is 0 Å². The van der Waals surface area contributed by atoms with E-state index in [0.29, 0.717) is 5.82 Å². The van der Waals surface area contributed by atoms with Crippen LogP contribution in [0.1, 0.15) is 19.0 Å². The number of thioether (sulfide) groups is 1. The molecule has 0 aliphatic heterocycles. The van der Waals surface area contributed by atoms with Gasteiger partial charge in [-0.05, 0) is 18.6 Å². The molecule has 0 radical (unpaired) electrons. The smallest absolute Gasteiger partial charge is 0.123 e. The maximum atomic E-state index is 5.55. The Morgan fingerprint density at radius 2 is 2.24 bits per heavy atom. The van der Waals surface area contributed by atoms with Crippen LogP contribution in [0.4, 0.5) is 5.82 Å². The third-order valence-corrected chi connectivity index (χ3v) is 3.42. The lowest BCUT2D eigenvalue weighted by Crippen LogP contribution is -1.99. The van der Waals surface area contributed by atoms with Gasteiger partial charge in [0, 0.05) is 35.3 Å². The van der Waals surface area contributed by atoms with Crippen molar-refractivity contribution < 1.29 is 0 Å². The fourth-order valence-electron chi connectivity index (χ4n) is 1.54. The molecule has 2 heterocycles. The van der Waals surface area contributed by atoms with Crippen molar-refractivity contribution in [3.05, 3.63) is 36.5 Å². The van der Waals surface area contributed by atoms with E-state index in [1.807, 2.05) is 24.7 Å². The second-order valence-corrected chi connectivity index (χ2v) is 4.83. The Labute approximate surface area is 105 Å². The van der Waals surface area contributed by atoms with Crippen LogP contribution in [-0.4, -0.2) is 14.5 Å². The van der Waals surface area contributed by atoms with Crippen molar-refractivity contribution in [1.82, 2.24) is 14.5 Å². The minimum atomic E-state index is 0.561. The Hall–Kier alpha value is -1.49. The number of hydrogen-bond acceptors (Lipinski definition) is 4. The van der Waals surface area contributed by atoms with Crippen molar-refractivity contribution in [3.8, 4) is 0 Å². The van der Waals surface area contributed by atoms with Gasteiger partial charge in [0.25, 0.3) is 0 Å². The number of anilines is 1. The molecule has 0 unspecified atom stereocenters. The van der Waals surface area contributed by atoms with E-state index in [0.717, 1.165) is 23.6 Å².